The van der Waals surface area contributed by atoms with Gasteiger partial charge in [0, 0.05) is 30.2 Å². The number of carbonyl (C=O) groups excluding carboxylic acids is 1. The van der Waals surface area contributed by atoms with Gasteiger partial charge in [0.2, 0.25) is 5.88 Å². The minimum Gasteiger partial charge on any atom is -0.478 e. The highest BCUT2D eigenvalue weighted by atomic mass is 35.5. The van der Waals surface area contributed by atoms with Crippen LogP contribution in [0.3, 0.4) is 0 Å². The van der Waals surface area contributed by atoms with Gasteiger partial charge in [0.05, 0.1) is 32.6 Å². The molecule has 2 aromatic carbocycles. The van der Waals surface area contributed by atoms with E-state index in [1.54, 1.807) is 44.3 Å². The second-order valence-corrected chi connectivity index (χ2v) is 9.73. The molecule has 0 spiro atoms. The van der Waals surface area contributed by atoms with Crippen LogP contribution in [-0.2, 0) is 6.61 Å². The SMILES string of the molecule is Cc1nc(OCc2c(-c3c(Cl)cccc3Cl)noc2C(C)C)ccc1N(C)C(=O)c1ccc(C(=O)O)cc1. The van der Waals surface area contributed by atoms with E-state index in [-0.39, 0.29) is 24.0 Å². The van der Waals surface area contributed by atoms with Crippen LogP contribution in [0.25, 0.3) is 11.3 Å². The molecule has 2 aromatic heterocycles. The van der Waals surface area contributed by atoms with Crippen molar-refractivity contribution in [2.75, 3.05) is 11.9 Å². The standard InChI is InChI=1S/C28H25Cl2N3O5/c1-15(2)26-19(25(32-38-26)24-20(29)6-5-7-21(24)30)14-37-23-13-12-22(16(3)31-23)33(4)27(34)17-8-10-18(11-9-17)28(35)36/h5-13,15H,14H2,1-4H3,(H,35,36). The maximum absolute atomic E-state index is 13.0. The summed E-state index contributed by atoms with van der Waals surface area (Å²) in [7, 11) is 1.63. The monoisotopic (exact) mass is 553 g/mol. The van der Waals surface area contributed by atoms with Crippen molar-refractivity contribution in [1.82, 2.24) is 10.1 Å². The third-order valence-electron chi connectivity index (χ3n) is 5.98. The molecule has 0 saturated heterocycles. The zero-order valence-electron chi connectivity index (χ0n) is 21.2. The van der Waals surface area contributed by atoms with Gasteiger partial charge in [-0.2, -0.15) is 0 Å². The van der Waals surface area contributed by atoms with Gasteiger partial charge in [0.15, 0.2) is 0 Å². The maximum Gasteiger partial charge on any atom is 0.335 e. The zero-order valence-corrected chi connectivity index (χ0v) is 22.7. The van der Waals surface area contributed by atoms with Crippen LogP contribution >= 0.6 is 23.2 Å². The molecule has 0 aliphatic carbocycles. The summed E-state index contributed by atoms with van der Waals surface area (Å²) in [6.45, 7) is 5.86. The van der Waals surface area contributed by atoms with Crippen molar-refractivity contribution in [3.8, 4) is 17.1 Å². The van der Waals surface area contributed by atoms with Gasteiger partial charge in [-0.15, -0.1) is 0 Å². The summed E-state index contributed by atoms with van der Waals surface area (Å²) in [6.07, 6.45) is 0. The fourth-order valence-corrected chi connectivity index (χ4v) is 4.58. The fraction of sp³-hybridized carbons (Fsp3) is 0.214. The Morgan fingerprint density at radius 3 is 2.24 bits per heavy atom. The fourth-order valence-electron chi connectivity index (χ4n) is 4.01. The van der Waals surface area contributed by atoms with Crippen LogP contribution in [0.5, 0.6) is 5.88 Å². The first-order chi connectivity index (χ1) is 18.1. The molecule has 0 saturated carbocycles. The first-order valence-corrected chi connectivity index (χ1v) is 12.5. The average Bonchev–Trinajstić information content (AvgIpc) is 3.30. The Bertz CT molecular complexity index is 1480. The molecule has 4 rings (SSSR count). The number of carboxylic acids is 1. The lowest BCUT2D eigenvalue weighted by atomic mass is 10.0. The number of halogens is 2. The molecular weight excluding hydrogens is 529 g/mol. The minimum absolute atomic E-state index is 0.0393. The van der Waals surface area contributed by atoms with E-state index < -0.39 is 5.97 Å². The van der Waals surface area contributed by atoms with E-state index in [0.29, 0.717) is 49.9 Å². The summed E-state index contributed by atoms with van der Waals surface area (Å²) in [5, 5.41) is 14.2. The second-order valence-electron chi connectivity index (χ2n) is 8.91. The van der Waals surface area contributed by atoms with Crippen LogP contribution in [-0.4, -0.2) is 34.2 Å². The average molecular weight is 554 g/mol. The van der Waals surface area contributed by atoms with Gasteiger partial charge in [-0.05, 0) is 49.4 Å². The number of rotatable bonds is 8. The van der Waals surface area contributed by atoms with Crippen LogP contribution < -0.4 is 9.64 Å². The van der Waals surface area contributed by atoms with E-state index in [0.717, 1.165) is 5.56 Å². The Morgan fingerprint density at radius 1 is 1.03 bits per heavy atom. The van der Waals surface area contributed by atoms with Gasteiger partial charge in [-0.3, -0.25) is 4.79 Å². The molecule has 1 N–H and O–H groups in total. The van der Waals surface area contributed by atoms with E-state index in [1.807, 2.05) is 13.8 Å². The Morgan fingerprint density at radius 2 is 1.66 bits per heavy atom. The van der Waals surface area contributed by atoms with Crippen LogP contribution in [0.15, 0.2) is 59.1 Å². The molecular formula is C28H25Cl2N3O5. The predicted octanol–water partition coefficient (Wildman–Crippen LogP) is 7.03. The van der Waals surface area contributed by atoms with E-state index in [4.69, 9.17) is 37.6 Å². The molecule has 38 heavy (non-hydrogen) atoms. The number of aromatic carboxylic acids is 1. The van der Waals surface area contributed by atoms with Gasteiger partial charge in [-0.1, -0.05) is 48.3 Å². The number of hydrogen-bond donors (Lipinski definition) is 1. The molecule has 0 bridgehead atoms. The first-order valence-electron chi connectivity index (χ1n) is 11.7. The van der Waals surface area contributed by atoms with Crippen LogP contribution in [0.2, 0.25) is 10.0 Å². The minimum atomic E-state index is -1.05. The van der Waals surface area contributed by atoms with Gasteiger partial charge in [-0.25, -0.2) is 9.78 Å². The van der Waals surface area contributed by atoms with E-state index in [2.05, 4.69) is 10.1 Å². The molecule has 0 radical (unpaired) electrons. The summed E-state index contributed by atoms with van der Waals surface area (Å²) in [6, 6.07) is 14.4. The normalized spacial score (nSPS) is 11.0. The number of pyridine rings is 1. The largest absolute Gasteiger partial charge is 0.478 e. The van der Waals surface area contributed by atoms with E-state index in [1.165, 1.54) is 29.2 Å². The quantitative estimate of drug-likeness (QED) is 0.249. The second kappa shape index (κ2) is 11.2. The van der Waals surface area contributed by atoms with Crippen molar-refractivity contribution >= 4 is 40.8 Å². The molecule has 2 heterocycles. The number of ether oxygens (including phenoxy) is 1. The highest BCUT2D eigenvalue weighted by Gasteiger charge is 2.24. The summed E-state index contributed by atoms with van der Waals surface area (Å²) in [5.41, 5.74) is 3.42. The van der Waals surface area contributed by atoms with Crippen LogP contribution in [0.1, 0.15) is 57.5 Å². The summed E-state index contributed by atoms with van der Waals surface area (Å²) < 4.78 is 11.7. The van der Waals surface area contributed by atoms with Gasteiger partial charge in [0.25, 0.3) is 5.91 Å². The topological polar surface area (TPSA) is 106 Å². The number of amides is 1. The van der Waals surface area contributed by atoms with Crippen molar-refractivity contribution in [3.63, 3.8) is 0 Å². The van der Waals surface area contributed by atoms with Gasteiger partial charge < -0.3 is 19.3 Å². The van der Waals surface area contributed by atoms with Crippen molar-refractivity contribution in [3.05, 3.63) is 92.8 Å². The zero-order chi connectivity index (χ0) is 27.6. The number of aromatic nitrogens is 2. The summed E-state index contributed by atoms with van der Waals surface area (Å²) >= 11 is 12.8. The number of benzene rings is 2. The van der Waals surface area contributed by atoms with E-state index >= 15 is 0 Å². The van der Waals surface area contributed by atoms with Crippen molar-refractivity contribution < 1.29 is 24.0 Å². The Hall–Kier alpha value is -3.88. The van der Waals surface area contributed by atoms with Crippen molar-refractivity contribution in [2.24, 2.45) is 0 Å². The highest BCUT2D eigenvalue weighted by Crippen LogP contribution is 2.38. The first kappa shape index (κ1) is 27.2. The van der Waals surface area contributed by atoms with Crippen LogP contribution in [0.4, 0.5) is 5.69 Å². The number of nitrogens with zero attached hydrogens (tertiary/aromatic N) is 3. The van der Waals surface area contributed by atoms with Crippen LogP contribution in [0, 0.1) is 6.92 Å². The number of carbonyl (C=O) groups is 2. The van der Waals surface area contributed by atoms with Gasteiger partial charge in [0.1, 0.15) is 18.1 Å². The maximum atomic E-state index is 13.0. The molecule has 196 valence electrons. The number of hydrogen-bond acceptors (Lipinski definition) is 6. The molecule has 0 unspecified atom stereocenters. The molecule has 8 nitrogen and oxygen atoms in total. The molecule has 0 fully saturated rings. The third kappa shape index (κ3) is 5.51. The van der Waals surface area contributed by atoms with Crippen molar-refractivity contribution in [2.45, 2.75) is 33.3 Å². The molecule has 0 atom stereocenters. The van der Waals surface area contributed by atoms with Crippen molar-refractivity contribution in [1.29, 1.82) is 0 Å². The summed E-state index contributed by atoms with van der Waals surface area (Å²) in [4.78, 5) is 30.0. The number of anilines is 1. The Kier molecular flexibility index (Phi) is 8.04. The highest BCUT2D eigenvalue weighted by molar-refractivity contribution is 6.39. The number of carboxylic acid groups (broad SMARTS) is 1. The predicted molar refractivity (Wildman–Crippen MR) is 145 cm³/mol. The molecule has 4 aromatic rings. The third-order valence-corrected chi connectivity index (χ3v) is 6.61. The van der Waals surface area contributed by atoms with Gasteiger partial charge >= 0.3 is 5.97 Å². The molecule has 10 heteroatoms. The Labute approximate surface area is 229 Å². The molecule has 1 amide bonds. The lowest BCUT2D eigenvalue weighted by molar-refractivity contribution is 0.0696. The number of aryl methyl sites for hydroxylation is 1. The lowest BCUT2D eigenvalue weighted by Crippen LogP contribution is -2.27. The van der Waals surface area contributed by atoms with E-state index in [9.17, 15) is 9.59 Å². The lowest BCUT2D eigenvalue weighted by Gasteiger charge is -2.20. The smallest absolute Gasteiger partial charge is 0.335 e. The molecule has 0 aliphatic rings. The Balaban J connectivity index is 1.55. The summed E-state index contributed by atoms with van der Waals surface area (Å²) in [5.74, 6) is -0.305. The molecule has 0 aliphatic heterocycles.